The topological polar surface area (TPSA) is 92.0 Å². The van der Waals surface area contributed by atoms with Gasteiger partial charge in [-0.3, -0.25) is 4.79 Å². The summed E-state index contributed by atoms with van der Waals surface area (Å²) in [6.07, 6.45) is 5.90. The maximum absolute atomic E-state index is 10.2. The van der Waals surface area contributed by atoms with Crippen LogP contribution in [0.25, 0.3) is 0 Å². The summed E-state index contributed by atoms with van der Waals surface area (Å²) in [5.74, 6) is -0.841. The van der Waals surface area contributed by atoms with Crippen molar-refractivity contribution >= 4 is 5.97 Å². The fraction of sp³-hybridized carbons (Fsp3) is 0.556. The number of aromatic nitrogens is 2. The molecule has 5 nitrogen and oxygen atoms in total. The van der Waals surface area contributed by atoms with E-state index in [1.54, 1.807) is 18.7 Å². The highest BCUT2D eigenvalue weighted by Gasteiger charge is 2.17. The average Bonchev–Trinajstić information content (AvgIpc) is 2.73. The van der Waals surface area contributed by atoms with Crippen molar-refractivity contribution in [2.24, 2.45) is 11.7 Å². The van der Waals surface area contributed by atoms with Crippen LogP contribution in [0, 0.1) is 5.92 Å². The van der Waals surface area contributed by atoms with Crippen molar-refractivity contribution in [3.8, 4) is 0 Å². The van der Waals surface area contributed by atoms with E-state index in [0.717, 1.165) is 6.42 Å². The van der Waals surface area contributed by atoms with Gasteiger partial charge in [0.05, 0.1) is 6.33 Å². The Labute approximate surface area is 83.4 Å². The molecule has 5 heteroatoms. The van der Waals surface area contributed by atoms with E-state index in [4.69, 9.17) is 10.8 Å². The van der Waals surface area contributed by atoms with Gasteiger partial charge in [-0.1, -0.05) is 20.3 Å². The largest absolute Gasteiger partial charge is 0.480 e. The van der Waals surface area contributed by atoms with Crippen LogP contribution in [-0.4, -0.2) is 27.1 Å². The number of H-pyrrole nitrogens is 1. The lowest BCUT2D eigenvalue weighted by Gasteiger charge is -2.11. The highest BCUT2D eigenvalue weighted by Crippen LogP contribution is 2.04. The fourth-order valence-electron chi connectivity index (χ4n) is 0.712. The number of carboxylic acid groups (broad SMARTS) is 1. The van der Waals surface area contributed by atoms with Gasteiger partial charge in [-0.2, -0.15) is 0 Å². The smallest absolute Gasteiger partial charge is 0.320 e. The molecule has 80 valence electrons. The van der Waals surface area contributed by atoms with Crippen molar-refractivity contribution in [3.05, 3.63) is 18.7 Å². The Morgan fingerprint density at radius 2 is 2.36 bits per heavy atom. The zero-order valence-electron chi connectivity index (χ0n) is 8.47. The average molecular weight is 199 g/mol. The maximum Gasteiger partial charge on any atom is 0.320 e. The number of aliphatic carboxylic acids is 1. The third-order valence-corrected chi connectivity index (χ3v) is 1.95. The van der Waals surface area contributed by atoms with E-state index in [9.17, 15) is 4.79 Å². The van der Waals surface area contributed by atoms with Crippen LogP contribution in [0.5, 0.6) is 0 Å². The molecule has 0 amide bonds. The molecule has 4 N–H and O–H groups in total. The molecule has 0 spiro atoms. The number of nitrogens with zero attached hydrogens (tertiary/aromatic N) is 1. The van der Waals surface area contributed by atoms with Gasteiger partial charge in [0.1, 0.15) is 6.04 Å². The summed E-state index contributed by atoms with van der Waals surface area (Å²) in [5, 5.41) is 8.36. The molecule has 0 saturated carbocycles. The highest BCUT2D eigenvalue weighted by molar-refractivity contribution is 5.73. The minimum atomic E-state index is -0.913. The summed E-state index contributed by atoms with van der Waals surface area (Å²) in [6.45, 7) is 3.76. The molecule has 14 heavy (non-hydrogen) atoms. The fourth-order valence-corrected chi connectivity index (χ4v) is 0.712. The zero-order chi connectivity index (χ0) is 11.0. The van der Waals surface area contributed by atoms with Crippen LogP contribution in [0.15, 0.2) is 18.7 Å². The summed E-state index contributed by atoms with van der Waals surface area (Å²) in [4.78, 5) is 16.6. The number of carbonyl (C=O) groups is 1. The SMILES string of the molecule is CC[C@H](C)[C@H](N)C(=O)O.c1c[nH]cn1. The Bertz CT molecular complexity index is 219. The van der Waals surface area contributed by atoms with Gasteiger partial charge in [-0.05, 0) is 5.92 Å². The third kappa shape index (κ3) is 5.31. The van der Waals surface area contributed by atoms with Gasteiger partial charge in [-0.25, -0.2) is 4.98 Å². The maximum atomic E-state index is 10.2. The number of carboxylic acids is 1. The molecule has 2 atom stereocenters. The summed E-state index contributed by atoms with van der Waals surface area (Å²) in [7, 11) is 0. The van der Waals surface area contributed by atoms with Crippen LogP contribution < -0.4 is 5.73 Å². The van der Waals surface area contributed by atoms with Crippen molar-refractivity contribution < 1.29 is 9.90 Å². The van der Waals surface area contributed by atoms with E-state index in [-0.39, 0.29) is 5.92 Å². The lowest BCUT2D eigenvalue weighted by molar-refractivity contribution is -0.139. The Balaban J connectivity index is 0.000000280. The molecule has 0 aliphatic heterocycles. The van der Waals surface area contributed by atoms with E-state index in [2.05, 4.69) is 9.97 Å². The lowest BCUT2D eigenvalue weighted by Crippen LogP contribution is -2.36. The van der Waals surface area contributed by atoms with Crippen molar-refractivity contribution in [3.63, 3.8) is 0 Å². The second-order valence-electron chi connectivity index (χ2n) is 3.01. The van der Waals surface area contributed by atoms with Crippen LogP contribution in [0.3, 0.4) is 0 Å². The number of nitrogens with two attached hydrogens (primary N) is 1. The Kier molecular flexibility index (Phi) is 6.39. The van der Waals surface area contributed by atoms with Crippen molar-refractivity contribution in [2.75, 3.05) is 0 Å². The van der Waals surface area contributed by atoms with E-state index < -0.39 is 12.0 Å². The third-order valence-electron chi connectivity index (χ3n) is 1.95. The number of aromatic amines is 1. The molecular weight excluding hydrogens is 182 g/mol. The molecule has 1 rings (SSSR count). The summed E-state index contributed by atoms with van der Waals surface area (Å²) in [6, 6.07) is -0.699. The van der Waals surface area contributed by atoms with E-state index in [1.807, 2.05) is 13.8 Å². The van der Waals surface area contributed by atoms with Crippen molar-refractivity contribution in [2.45, 2.75) is 26.3 Å². The minimum absolute atomic E-state index is 0.0718. The molecule has 1 aromatic heterocycles. The van der Waals surface area contributed by atoms with Crippen LogP contribution in [0.1, 0.15) is 20.3 Å². The molecule has 0 bridgehead atoms. The van der Waals surface area contributed by atoms with Crippen molar-refractivity contribution in [1.82, 2.24) is 9.97 Å². The first kappa shape index (κ1) is 12.6. The molecule has 0 unspecified atom stereocenters. The second kappa shape index (κ2) is 7.08. The second-order valence-corrected chi connectivity index (χ2v) is 3.01. The predicted molar refractivity (Wildman–Crippen MR) is 53.7 cm³/mol. The molecule has 0 radical (unpaired) electrons. The van der Waals surface area contributed by atoms with E-state index in [1.165, 1.54) is 0 Å². The quantitative estimate of drug-likeness (QED) is 0.673. The van der Waals surface area contributed by atoms with Gasteiger partial charge in [-0.15, -0.1) is 0 Å². The first-order chi connectivity index (χ1) is 6.59. The Morgan fingerprint density at radius 1 is 1.71 bits per heavy atom. The highest BCUT2D eigenvalue weighted by atomic mass is 16.4. The first-order valence-corrected chi connectivity index (χ1v) is 4.50. The van der Waals surface area contributed by atoms with Crippen LogP contribution >= 0.6 is 0 Å². The van der Waals surface area contributed by atoms with Crippen LogP contribution in [-0.2, 0) is 4.79 Å². The molecule has 1 aromatic rings. The number of nitrogens with one attached hydrogen (secondary N) is 1. The molecule has 0 saturated heterocycles. The van der Waals surface area contributed by atoms with Gasteiger partial charge >= 0.3 is 5.97 Å². The van der Waals surface area contributed by atoms with Gasteiger partial charge in [0.2, 0.25) is 0 Å². The van der Waals surface area contributed by atoms with Crippen LogP contribution in [0.4, 0.5) is 0 Å². The van der Waals surface area contributed by atoms with E-state index >= 15 is 0 Å². The van der Waals surface area contributed by atoms with Gasteiger partial charge in [0.15, 0.2) is 0 Å². The molecule has 0 aliphatic carbocycles. The standard InChI is InChI=1S/C6H13NO2.C3H4N2/c1-3-4(2)5(7)6(8)9;1-2-5-3-4-1/h4-5H,3,7H2,1-2H3,(H,8,9);1-3H,(H,4,5)/t4-,5-;/m0./s1. The first-order valence-electron chi connectivity index (χ1n) is 4.50. The molecule has 0 aliphatic rings. The normalized spacial score (nSPS) is 13.6. The zero-order valence-corrected chi connectivity index (χ0v) is 8.47. The summed E-state index contributed by atoms with van der Waals surface area (Å²) >= 11 is 0. The van der Waals surface area contributed by atoms with Gasteiger partial charge in [0.25, 0.3) is 0 Å². The van der Waals surface area contributed by atoms with Crippen LogP contribution in [0.2, 0.25) is 0 Å². The molecule has 1 heterocycles. The summed E-state index contributed by atoms with van der Waals surface area (Å²) in [5.41, 5.74) is 5.27. The monoisotopic (exact) mass is 199 g/mol. The molecular formula is C9H17N3O2. The number of imidazole rings is 1. The molecule has 0 aromatic carbocycles. The predicted octanol–water partition coefficient (Wildman–Crippen LogP) is 0.854. The summed E-state index contributed by atoms with van der Waals surface area (Å²) < 4.78 is 0. The molecule has 0 fully saturated rings. The number of rotatable bonds is 3. The lowest BCUT2D eigenvalue weighted by atomic mass is 10.0. The minimum Gasteiger partial charge on any atom is -0.480 e. The number of hydrogen-bond donors (Lipinski definition) is 3. The Hall–Kier alpha value is -1.36. The van der Waals surface area contributed by atoms with Gasteiger partial charge in [0, 0.05) is 12.4 Å². The Morgan fingerprint density at radius 3 is 2.50 bits per heavy atom. The van der Waals surface area contributed by atoms with E-state index in [0.29, 0.717) is 0 Å². The van der Waals surface area contributed by atoms with Gasteiger partial charge < -0.3 is 15.8 Å². The number of hydrogen-bond acceptors (Lipinski definition) is 3. The van der Waals surface area contributed by atoms with Crippen molar-refractivity contribution in [1.29, 1.82) is 0 Å².